The van der Waals surface area contributed by atoms with Crippen molar-refractivity contribution in [2.24, 2.45) is 0 Å². The van der Waals surface area contributed by atoms with Crippen molar-refractivity contribution in [2.75, 3.05) is 4.72 Å². The van der Waals surface area contributed by atoms with Crippen molar-refractivity contribution in [1.29, 1.82) is 5.26 Å². The van der Waals surface area contributed by atoms with Gasteiger partial charge in [0.1, 0.15) is 5.40 Å². The molecule has 21 heavy (non-hydrogen) atoms. The number of nitrogens with zero attached hydrogens (tertiary/aromatic N) is 1. The van der Waals surface area contributed by atoms with Crippen LogP contribution in [0.5, 0.6) is 0 Å². The molecule has 2 rings (SSSR count). The summed E-state index contributed by atoms with van der Waals surface area (Å²) >= 11 is 12.9. The van der Waals surface area contributed by atoms with E-state index >= 15 is 0 Å². The van der Waals surface area contributed by atoms with Crippen molar-refractivity contribution < 1.29 is 8.42 Å². The zero-order valence-corrected chi connectivity index (χ0v) is 13.5. The van der Waals surface area contributed by atoms with E-state index in [-0.39, 0.29) is 20.6 Å². The first kappa shape index (κ1) is 16.0. The van der Waals surface area contributed by atoms with Gasteiger partial charge in [-0.05, 0) is 36.0 Å². The molecule has 0 fully saturated rings. The second-order valence-corrected chi connectivity index (χ2v) is 7.12. The lowest BCUT2D eigenvalue weighted by molar-refractivity contribution is 0.601. The summed E-state index contributed by atoms with van der Waals surface area (Å²) in [5.41, 5.74) is 0.160. The molecule has 1 N–H and O–H groups in total. The van der Waals surface area contributed by atoms with Gasteiger partial charge in [0.05, 0.1) is 20.6 Å². The third-order valence-electron chi connectivity index (χ3n) is 2.50. The maximum absolute atomic E-state index is 12.2. The molecule has 0 aliphatic rings. The molecule has 4 nitrogen and oxygen atoms in total. The van der Waals surface area contributed by atoms with Crippen LogP contribution in [0, 0.1) is 10.7 Å². The van der Waals surface area contributed by atoms with Gasteiger partial charge in [-0.15, -0.1) is 0 Å². The highest BCUT2D eigenvalue weighted by Gasteiger charge is 2.17. The lowest BCUT2D eigenvalue weighted by atomic mass is 10.3. The number of rotatable bonds is 4. The Morgan fingerprint density at radius 1 is 1.05 bits per heavy atom. The Hall–Kier alpha value is -1.39. The van der Waals surface area contributed by atoms with Crippen LogP contribution in [0.25, 0.3) is 0 Å². The van der Waals surface area contributed by atoms with E-state index in [0.29, 0.717) is 4.90 Å². The Bertz CT molecular complexity index is 803. The van der Waals surface area contributed by atoms with Crippen LogP contribution in [-0.2, 0) is 10.0 Å². The number of sulfonamides is 1. The second kappa shape index (κ2) is 6.58. The molecule has 2 aromatic rings. The van der Waals surface area contributed by atoms with Crippen molar-refractivity contribution in [1.82, 2.24) is 0 Å². The summed E-state index contributed by atoms with van der Waals surface area (Å²) in [4.78, 5) is 0.583. The van der Waals surface area contributed by atoms with Crippen molar-refractivity contribution in [2.45, 2.75) is 9.79 Å². The van der Waals surface area contributed by atoms with Crippen LogP contribution in [0.1, 0.15) is 0 Å². The maximum Gasteiger partial charge on any atom is 0.261 e. The molecule has 0 spiro atoms. The fourth-order valence-electron chi connectivity index (χ4n) is 1.54. The smallest absolute Gasteiger partial charge is 0.261 e. The van der Waals surface area contributed by atoms with Gasteiger partial charge in [-0.3, -0.25) is 4.72 Å². The zero-order valence-electron chi connectivity index (χ0n) is 10.4. The molecule has 0 aliphatic carbocycles. The Kier molecular flexibility index (Phi) is 5.01. The predicted molar refractivity (Wildman–Crippen MR) is 85.2 cm³/mol. The minimum atomic E-state index is -3.74. The van der Waals surface area contributed by atoms with Gasteiger partial charge >= 0.3 is 0 Å². The summed E-state index contributed by atoms with van der Waals surface area (Å²) in [5, 5.41) is 10.7. The third kappa shape index (κ3) is 3.63. The van der Waals surface area contributed by atoms with Crippen LogP contribution in [-0.4, -0.2) is 8.42 Å². The number of anilines is 1. The number of nitrogens with one attached hydrogen (secondary N) is 1. The normalized spacial score (nSPS) is 10.9. The molecule has 0 aliphatic heterocycles. The molecule has 0 atom stereocenters. The maximum atomic E-state index is 12.2. The molecular formula is C13H8Cl2N2O2S2. The fraction of sp³-hybridized carbons (Fsp3) is 0. The molecule has 0 saturated carbocycles. The highest BCUT2D eigenvalue weighted by Crippen LogP contribution is 2.38. The van der Waals surface area contributed by atoms with E-state index in [1.165, 1.54) is 24.3 Å². The van der Waals surface area contributed by atoms with Crippen LogP contribution in [0.15, 0.2) is 52.3 Å². The molecule has 108 valence electrons. The molecule has 0 aromatic heterocycles. The van der Waals surface area contributed by atoms with Gasteiger partial charge in [0.15, 0.2) is 0 Å². The lowest BCUT2D eigenvalue weighted by Crippen LogP contribution is -2.13. The van der Waals surface area contributed by atoms with Gasteiger partial charge in [-0.1, -0.05) is 41.4 Å². The number of benzene rings is 2. The molecule has 0 amide bonds. The zero-order chi connectivity index (χ0) is 15.5. The van der Waals surface area contributed by atoms with Gasteiger partial charge in [0.25, 0.3) is 10.0 Å². The monoisotopic (exact) mass is 358 g/mol. The largest absolute Gasteiger partial charge is 0.278 e. The van der Waals surface area contributed by atoms with Crippen LogP contribution in [0.2, 0.25) is 10.0 Å². The first-order valence-corrected chi connectivity index (χ1v) is 8.63. The predicted octanol–water partition coefficient (Wildman–Crippen LogP) is 4.37. The molecule has 8 heteroatoms. The minimum absolute atomic E-state index is 0.0522. The number of thioether (sulfide) groups is 1. The Labute approximate surface area is 136 Å². The summed E-state index contributed by atoms with van der Waals surface area (Å²) in [6, 6.07) is 10.9. The van der Waals surface area contributed by atoms with E-state index in [1.807, 2.05) is 5.40 Å². The minimum Gasteiger partial charge on any atom is -0.278 e. The van der Waals surface area contributed by atoms with E-state index in [2.05, 4.69) is 4.72 Å². The first-order valence-electron chi connectivity index (χ1n) is 5.57. The highest BCUT2D eigenvalue weighted by molar-refractivity contribution is 8.03. The molecule has 0 radical (unpaired) electrons. The van der Waals surface area contributed by atoms with Crippen LogP contribution >= 0.6 is 35.0 Å². The van der Waals surface area contributed by atoms with Gasteiger partial charge in [0, 0.05) is 4.90 Å². The van der Waals surface area contributed by atoms with Crippen molar-refractivity contribution in [3.63, 3.8) is 0 Å². The van der Waals surface area contributed by atoms with Gasteiger partial charge < -0.3 is 0 Å². The van der Waals surface area contributed by atoms with Gasteiger partial charge in [-0.2, -0.15) is 5.26 Å². The number of hydrogen-bond acceptors (Lipinski definition) is 4. The van der Waals surface area contributed by atoms with E-state index < -0.39 is 10.0 Å². The van der Waals surface area contributed by atoms with Crippen LogP contribution in [0.3, 0.4) is 0 Å². The Morgan fingerprint density at radius 2 is 1.71 bits per heavy atom. The summed E-state index contributed by atoms with van der Waals surface area (Å²) in [7, 11) is -3.74. The average molecular weight is 359 g/mol. The number of nitriles is 1. The topological polar surface area (TPSA) is 70.0 Å². The summed E-state index contributed by atoms with van der Waals surface area (Å²) in [6.45, 7) is 0. The summed E-state index contributed by atoms with van der Waals surface area (Å²) < 4.78 is 26.8. The molecule has 2 aromatic carbocycles. The number of thiocyanates is 1. The second-order valence-electron chi connectivity index (χ2n) is 3.85. The highest BCUT2D eigenvalue weighted by atomic mass is 35.5. The van der Waals surface area contributed by atoms with Gasteiger partial charge in [-0.25, -0.2) is 8.42 Å². The van der Waals surface area contributed by atoms with E-state index in [4.69, 9.17) is 28.5 Å². The number of halogens is 2. The molecular weight excluding hydrogens is 351 g/mol. The molecule has 0 heterocycles. The van der Waals surface area contributed by atoms with Crippen molar-refractivity contribution in [3.05, 3.63) is 52.5 Å². The van der Waals surface area contributed by atoms with Crippen LogP contribution in [0.4, 0.5) is 5.69 Å². The molecule has 0 bridgehead atoms. The Balaban J connectivity index is 2.37. The quantitative estimate of drug-likeness (QED) is 0.650. The van der Waals surface area contributed by atoms with Crippen LogP contribution < -0.4 is 4.72 Å². The average Bonchev–Trinajstić information content (AvgIpc) is 2.48. The lowest BCUT2D eigenvalue weighted by Gasteiger charge is -2.11. The first-order chi connectivity index (χ1) is 9.95. The summed E-state index contributed by atoms with van der Waals surface area (Å²) in [6.07, 6.45) is 0. The standard InChI is InChI=1S/C13H8Cl2N2O2S2/c14-12-10(6-7-11(13(12)15)20-8-16)17-21(18,19)9-4-2-1-3-5-9/h1-7,17H. The van der Waals surface area contributed by atoms with Crippen molar-refractivity contribution >= 4 is 50.7 Å². The van der Waals surface area contributed by atoms with E-state index in [1.54, 1.807) is 18.2 Å². The Morgan fingerprint density at radius 3 is 2.33 bits per heavy atom. The summed E-state index contributed by atoms with van der Waals surface area (Å²) in [5.74, 6) is 0. The molecule has 0 saturated heterocycles. The van der Waals surface area contributed by atoms with E-state index in [0.717, 1.165) is 11.8 Å². The molecule has 0 unspecified atom stereocenters. The van der Waals surface area contributed by atoms with Gasteiger partial charge in [0.2, 0.25) is 0 Å². The van der Waals surface area contributed by atoms with Crippen molar-refractivity contribution in [3.8, 4) is 5.40 Å². The SMILES string of the molecule is N#CSc1ccc(NS(=O)(=O)c2ccccc2)c(Cl)c1Cl. The van der Waals surface area contributed by atoms with E-state index in [9.17, 15) is 8.42 Å². The fourth-order valence-corrected chi connectivity index (χ4v) is 3.67. The third-order valence-corrected chi connectivity index (χ3v) is 5.53. The number of hydrogen-bond donors (Lipinski definition) is 1.